The second kappa shape index (κ2) is 10.9. The molecule has 0 fully saturated rings. The van der Waals surface area contributed by atoms with Crippen LogP contribution in [0.25, 0.3) is 0 Å². The van der Waals surface area contributed by atoms with Gasteiger partial charge in [-0.15, -0.1) is 0 Å². The lowest BCUT2D eigenvalue weighted by molar-refractivity contribution is -0.139. The molecule has 31 heavy (non-hydrogen) atoms. The number of hydrogen-bond donors (Lipinski definition) is 3. The molecule has 0 spiro atoms. The Bertz CT molecular complexity index is 897. The number of carbonyl (C=O) groups excluding carboxylic acids is 1. The minimum absolute atomic E-state index is 0.0654. The molecule has 2 aromatic rings. The summed E-state index contributed by atoms with van der Waals surface area (Å²) in [5.41, 5.74) is 9.33. The van der Waals surface area contributed by atoms with E-state index in [1.807, 2.05) is 36.4 Å². The molecule has 0 heterocycles. The Morgan fingerprint density at radius 1 is 1.13 bits per heavy atom. The highest BCUT2D eigenvalue weighted by atomic mass is 28.3. The Labute approximate surface area is 184 Å². The number of ether oxygens (including phenoxy) is 2. The van der Waals surface area contributed by atoms with Crippen LogP contribution in [0.1, 0.15) is 16.7 Å². The number of carboxylic acids is 1. The van der Waals surface area contributed by atoms with Crippen LogP contribution < -0.4 is 15.8 Å². The number of hydrogen-bond acceptors (Lipinski definition) is 5. The number of methoxy groups -OCH3 is 1. The van der Waals surface area contributed by atoms with Crippen molar-refractivity contribution in [1.82, 2.24) is 5.32 Å². The highest BCUT2D eigenvalue weighted by Crippen LogP contribution is 2.31. The number of alkyl carbamates (subject to hydrolysis) is 1. The zero-order chi connectivity index (χ0) is 23.0. The summed E-state index contributed by atoms with van der Waals surface area (Å²) in [6, 6.07) is 12.6. The van der Waals surface area contributed by atoms with Gasteiger partial charge in [0.1, 0.15) is 18.4 Å². The molecule has 0 aliphatic carbocycles. The summed E-state index contributed by atoms with van der Waals surface area (Å²) < 4.78 is 10.5. The predicted octanol–water partition coefficient (Wildman–Crippen LogP) is 4.08. The normalized spacial score (nSPS) is 12.1. The SMILES string of the molecule is COc1ccc(C[C@H](NC(=O)OCc2ccccc2)C(=O)O)c(CC[Si](C)(C)C)c1N. The van der Waals surface area contributed by atoms with Gasteiger partial charge in [-0.3, -0.25) is 0 Å². The number of anilines is 1. The zero-order valence-corrected chi connectivity index (χ0v) is 19.6. The van der Waals surface area contributed by atoms with E-state index in [-0.39, 0.29) is 13.0 Å². The summed E-state index contributed by atoms with van der Waals surface area (Å²) >= 11 is 0. The maximum atomic E-state index is 12.2. The predicted molar refractivity (Wildman–Crippen MR) is 124 cm³/mol. The van der Waals surface area contributed by atoms with Gasteiger partial charge in [0, 0.05) is 14.5 Å². The first-order valence-electron chi connectivity index (χ1n) is 10.2. The first-order valence-corrected chi connectivity index (χ1v) is 14.0. The summed E-state index contributed by atoms with van der Waals surface area (Å²) in [6.07, 6.45) is 0.0607. The van der Waals surface area contributed by atoms with Crippen molar-refractivity contribution in [3.63, 3.8) is 0 Å². The van der Waals surface area contributed by atoms with E-state index in [1.54, 1.807) is 13.2 Å². The first-order chi connectivity index (χ1) is 14.6. The monoisotopic (exact) mass is 444 g/mol. The van der Waals surface area contributed by atoms with Crippen molar-refractivity contribution in [2.45, 2.75) is 51.2 Å². The molecule has 168 valence electrons. The van der Waals surface area contributed by atoms with Crippen LogP contribution in [0.3, 0.4) is 0 Å². The lowest BCUT2D eigenvalue weighted by atomic mass is 9.96. The largest absolute Gasteiger partial charge is 0.495 e. The fraction of sp³-hybridized carbons (Fsp3) is 0.391. The fourth-order valence-electron chi connectivity index (χ4n) is 3.18. The van der Waals surface area contributed by atoms with Gasteiger partial charge in [0.2, 0.25) is 0 Å². The van der Waals surface area contributed by atoms with Crippen molar-refractivity contribution < 1.29 is 24.2 Å². The van der Waals surface area contributed by atoms with Crippen molar-refractivity contribution in [1.29, 1.82) is 0 Å². The van der Waals surface area contributed by atoms with Crippen LogP contribution in [-0.2, 0) is 29.0 Å². The smallest absolute Gasteiger partial charge is 0.408 e. The molecule has 1 amide bonds. The number of carboxylic acid groups (broad SMARTS) is 1. The second-order valence-electron chi connectivity index (χ2n) is 8.68. The van der Waals surface area contributed by atoms with Gasteiger partial charge in [-0.05, 0) is 29.2 Å². The fourth-order valence-corrected chi connectivity index (χ4v) is 4.18. The van der Waals surface area contributed by atoms with Crippen molar-refractivity contribution in [2.75, 3.05) is 12.8 Å². The molecule has 0 bridgehead atoms. The molecule has 0 saturated heterocycles. The number of aliphatic carboxylic acids is 1. The Balaban J connectivity index is 2.14. The van der Waals surface area contributed by atoms with Crippen LogP contribution in [-0.4, -0.2) is 38.4 Å². The molecular formula is C23H32N2O5Si. The van der Waals surface area contributed by atoms with Crippen LogP contribution in [0.5, 0.6) is 5.75 Å². The van der Waals surface area contributed by atoms with Crippen molar-refractivity contribution in [2.24, 2.45) is 0 Å². The van der Waals surface area contributed by atoms with Crippen LogP contribution >= 0.6 is 0 Å². The highest BCUT2D eigenvalue weighted by Gasteiger charge is 2.24. The van der Waals surface area contributed by atoms with E-state index in [4.69, 9.17) is 15.2 Å². The third-order valence-corrected chi connectivity index (χ3v) is 6.74. The lowest BCUT2D eigenvalue weighted by Gasteiger charge is -2.22. The average Bonchev–Trinajstić information content (AvgIpc) is 2.71. The summed E-state index contributed by atoms with van der Waals surface area (Å²) in [7, 11) is 0.207. The molecule has 4 N–H and O–H groups in total. The van der Waals surface area contributed by atoms with E-state index < -0.39 is 26.2 Å². The summed E-state index contributed by atoms with van der Waals surface area (Å²) in [5.74, 6) is -0.571. The number of rotatable bonds is 10. The van der Waals surface area contributed by atoms with Crippen LogP contribution in [0.2, 0.25) is 25.7 Å². The molecule has 2 rings (SSSR count). The van der Waals surface area contributed by atoms with Gasteiger partial charge >= 0.3 is 12.1 Å². The summed E-state index contributed by atoms with van der Waals surface area (Å²) in [5, 5.41) is 12.1. The van der Waals surface area contributed by atoms with E-state index in [9.17, 15) is 14.7 Å². The van der Waals surface area contributed by atoms with Gasteiger partial charge in [0.25, 0.3) is 0 Å². The first kappa shape index (κ1) is 24.3. The zero-order valence-electron chi connectivity index (χ0n) is 18.6. The number of nitrogen functional groups attached to an aromatic ring is 1. The van der Waals surface area contributed by atoms with Crippen molar-refractivity contribution in [3.8, 4) is 5.75 Å². The van der Waals surface area contributed by atoms with Crippen LogP contribution in [0.15, 0.2) is 42.5 Å². The van der Waals surface area contributed by atoms with Gasteiger partial charge in [-0.1, -0.05) is 62.1 Å². The van der Waals surface area contributed by atoms with Crippen LogP contribution in [0, 0.1) is 0 Å². The number of nitrogens with two attached hydrogens (primary N) is 1. The molecule has 0 aromatic heterocycles. The standard InChI is InChI=1S/C23H32N2O5Si/c1-29-20-11-10-17(18(21(20)24)12-13-31(2,3)4)14-19(22(26)27)25-23(28)30-15-16-8-6-5-7-9-16/h5-11,19H,12-15,24H2,1-4H3,(H,25,28)(H,26,27)/t19-/m0/s1. The second-order valence-corrected chi connectivity index (χ2v) is 14.3. The number of amides is 1. The maximum Gasteiger partial charge on any atom is 0.408 e. The van der Waals surface area contributed by atoms with E-state index in [1.165, 1.54) is 0 Å². The molecule has 1 atom stereocenters. The van der Waals surface area contributed by atoms with E-state index in [0.29, 0.717) is 11.4 Å². The Hall–Kier alpha value is -3.00. The Morgan fingerprint density at radius 3 is 2.39 bits per heavy atom. The summed E-state index contributed by atoms with van der Waals surface area (Å²) in [6.45, 7) is 6.88. The molecule has 0 unspecified atom stereocenters. The summed E-state index contributed by atoms with van der Waals surface area (Å²) in [4.78, 5) is 24.0. The van der Waals surface area contributed by atoms with E-state index in [0.717, 1.165) is 29.2 Å². The van der Waals surface area contributed by atoms with Gasteiger partial charge in [-0.25, -0.2) is 9.59 Å². The average molecular weight is 445 g/mol. The molecule has 2 aromatic carbocycles. The number of carbonyl (C=O) groups is 2. The third kappa shape index (κ3) is 7.64. The molecule has 8 heteroatoms. The molecule has 7 nitrogen and oxygen atoms in total. The molecule has 0 radical (unpaired) electrons. The van der Waals surface area contributed by atoms with Crippen molar-refractivity contribution in [3.05, 3.63) is 59.2 Å². The molecule has 0 saturated carbocycles. The minimum Gasteiger partial charge on any atom is -0.495 e. The molecule has 0 aliphatic heterocycles. The van der Waals surface area contributed by atoms with Crippen molar-refractivity contribution >= 4 is 25.8 Å². The maximum absolute atomic E-state index is 12.2. The van der Waals surface area contributed by atoms with Crippen LogP contribution in [0.4, 0.5) is 10.5 Å². The lowest BCUT2D eigenvalue weighted by Crippen LogP contribution is -2.42. The highest BCUT2D eigenvalue weighted by molar-refractivity contribution is 6.76. The quantitative estimate of drug-likeness (QED) is 0.376. The number of benzene rings is 2. The van der Waals surface area contributed by atoms with Gasteiger partial charge in [-0.2, -0.15) is 0 Å². The van der Waals surface area contributed by atoms with E-state index in [2.05, 4.69) is 25.0 Å². The Kier molecular flexibility index (Phi) is 8.50. The third-order valence-electron chi connectivity index (χ3n) is 4.99. The van der Waals surface area contributed by atoms with Gasteiger partial charge in [0.05, 0.1) is 12.8 Å². The van der Waals surface area contributed by atoms with E-state index >= 15 is 0 Å². The molecule has 0 aliphatic rings. The Morgan fingerprint density at radius 2 is 1.81 bits per heavy atom. The molecular weight excluding hydrogens is 412 g/mol. The van der Waals surface area contributed by atoms with Gasteiger partial charge in [0.15, 0.2) is 0 Å². The minimum atomic E-state index is -1.35. The van der Waals surface area contributed by atoms with Gasteiger partial charge < -0.3 is 25.6 Å². The number of nitrogens with one attached hydrogen (secondary N) is 1. The topological polar surface area (TPSA) is 111 Å².